The standard InChI is InChI=1S/C18H21N3O5/c1-3-5-10-26-16(23)12-6-8-13(9-7-12)20-18-19-11-14(15(22)21-18)17(24)25-4-2/h6-9,11H,3-5,10H2,1-2H3,(H2,19,20,21,22). The van der Waals surface area contributed by atoms with Crippen LogP contribution in [-0.4, -0.2) is 35.1 Å². The van der Waals surface area contributed by atoms with Crippen LogP contribution in [0.3, 0.4) is 0 Å². The number of carbonyl (C=O) groups excluding carboxylic acids is 2. The molecule has 2 rings (SSSR count). The van der Waals surface area contributed by atoms with E-state index in [1.165, 1.54) is 0 Å². The van der Waals surface area contributed by atoms with Crippen LogP contribution in [0.2, 0.25) is 0 Å². The highest BCUT2D eigenvalue weighted by Gasteiger charge is 2.13. The molecule has 0 amide bonds. The molecule has 0 fully saturated rings. The lowest BCUT2D eigenvalue weighted by Gasteiger charge is -2.07. The van der Waals surface area contributed by atoms with E-state index in [9.17, 15) is 14.4 Å². The number of rotatable bonds is 8. The number of nitrogens with one attached hydrogen (secondary N) is 2. The summed E-state index contributed by atoms with van der Waals surface area (Å²) in [7, 11) is 0. The van der Waals surface area contributed by atoms with Crippen LogP contribution in [0.15, 0.2) is 35.3 Å². The molecule has 0 bridgehead atoms. The molecule has 0 unspecified atom stereocenters. The Kier molecular flexibility index (Phi) is 6.90. The summed E-state index contributed by atoms with van der Waals surface area (Å²) < 4.78 is 9.91. The zero-order valence-corrected chi connectivity index (χ0v) is 14.7. The highest BCUT2D eigenvalue weighted by molar-refractivity contribution is 5.90. The van der Waals surface area contributed by atoms with Crippen molar-refractivity contribution >= 4 is 23.6 Å². The van der Waals surface area contributed by atoms with Gasteiger partial charge < -0.3 is 14.8 Å². The maximum atomic E-state index is 11.9. The maximum absolute atomic E-state index is 11.9. The van der Waals surface area contributed by atoms with Gasteiger partial charge in [-0.15, -0.1) is 0 Å². The van der Waals surface area contributed by atoms with Gasteiger partial charge in [0.05, 0.1) is 25.0 Å². The van der Waals surface area contributed by atoms with Gasteiger partial charge in [-0.25, -0.2) is 14.6 Å². The third kappa shape index (κ3) is 5.17. The number of carbonyl (C=O) groups is 2. The van der Waals surface area contributed by atoms with Crippen molar-refractivity contribution in [1.82, 2.24) is 9.97 Å². The van der Waals surface area contributed by atoms with Gasteiger partial charge in [-0.3, -0.25) is 9.78 Å². The summed E-state index contributed by atoms with van der Waals surface area (Å²) >= 11 is 0. The van der Waals surface area contributed by atoms with Crippen molar-refractivity contribution in [2.24, 2.45) is 0 Å². The first-order valence-electron chi connectivity index (χ1n) is 8.35. The van der Waals surface area contributed by atoms with Gasteiger partial charge in [0.25, 0.3) is 5.56 Å². The maximum Gasteiger partial charge on any atom is 0.345 e. The molecule has 0 aliphatic heterocycles. The van der Waals surface area contributed by atoms with Gasteiger partial charge >= 0.3 is 11.9 Å². The molecule has 1 aromatic heterocycles. The van der Waals surface area contributed by atoms with Crippen molar-refractivity contribution in [1.29, 1.82) is 0 Å². The van der Waals surface area contributed by atoms with Crippen LogP contribution >= 0.6 is 0 Å². The zero-order valence-electron chi connectivity index (χ0n) is 14.7. The molecule has 0 aliphatic rings. The molecular weight excluding hydrogens is 338 g/mol. The number of aromatic nitrogens is 2. The van der Waals surface area contributed by atoms with Crippen LogP contribution in [0.4, 0.5) is 11.6 Å². The molecule has 0 spiro atoms. The van der Waals surface area contributed by atoms with Crippen LogP contribution < -0.4 is 10.9 Å². The fraction of sp³-hybridized carbons (Fsp3) is 0.333. The highest BCUT2D eigenvalue weighted by Crippen LogP contribution is 2.14. The van der Waals surface area contributed by atoms with Crippen molar-refractivity contribution in [2.45, 2.75) is 26.7 Å². The van der Waals surface area contributed by atoms with Crippen LogP contribution in [-0.2, 0) is 9.47 Å². The normalized spacial score (nSPS) is 10.2. The van der Waals surface area contributed by atoms with E-state index in [1.807, 2.05) is 6.92 Å². The second-order valence-corrected chi connectivity index (χ2v) is 5.39. The van der Waals surface area contributed by atoms with Gasteiger partial charge in [0.2, 0.25) is 5.95 Å². The smallest absolute Gasteiger partial charge is 0.345 e. The molecule has 0 atom stereocenters. The zero-order chi connectivity index (χ0) is 18.9. The average molecular weight is 359 g/mol. The number of H-pyrrole nitrogens is 1. The quantitative estimate of drug-likeness (QED) is 0.550. The molecule has 0 aliphatic carbocycles. The van der Waals surface area contributed by atoms with Crippen molar-refractivity contribution < 1.29 is 19.1 Å². The number of hydrogen-bond donors (Lipinski definition) is 2. The average Bonchev–Trinajstić information content (AvgIpc) is 2.62. The lowest BCUT2D eigenvalue weighted by atomic mass is 10.2. The van der Waals surface area contributed by atoms with Gasteiger partial charge in [-0.05, 0) is 37.6 Å². The van der Waals surface area contributed by atoms with Crippen LogP contribution in [0.1, 0.15) is 47.4 Å². The van der Waals surface area contributed by atoms with E-state index >= 15 is 0 Å². The minimum Gasteiger partial charge on any atom is -0.462 e. The Labute approximate surface area is 150 Å². The number of benzene rings is 1. The van der Waals surface area contributed by atoms with Gasteiger partial charge in [-0.2, -0.15) is 0 Å². The first-order chi connectivity index (χ1) is 12.5. The molecule has 0 saturated carbocycles. The molecule has 8 heteroatoms. The summed E-state index contributed by atoms with van der Waals surface area (Å²) in [6.45, 7) is 4.24. The Morgan fingerprint density at radius 1 is 1.12 bits per heavy atom. The van der Waals surface area contributed by atoms with E-state index in [0.717, 1.165) is 19.0 Å². The van der Waals surface area contributed by atoms with E-state index in [-0.39, 0.29) is 24.1 Å². The number of unbranched alkanes of at least 4 members (excludes halogenated alkanes) is 1. The summed E-state index contributed by atoms with van der Waals surface area (Å²) in [6, 6.07) is 6.55. The summed E-state index contributed by atoms with van der Waals surface area (Å²) in [5, 5.41) is 2.89. The summed E-state index contributed by atoms with van der Waals surface area (Å²) in [4.78, 5) is 41.8. The van der Waals surface area contributed by atoms with Crippen molar-refractivity contribution in [3.05, 3.63) is 51.9 Å². The van der Waals surface area contributed by atoms with Crippen LogP contribution in [0.25, 0.3) is 0 Å². The number of aromatic amines is 1. The number of ether oxygens (including phenoxy) is 2. The van der Waals surface area contributed by atoms with Gasteiger partial charge in [0.15, 0.2) is 0 Å². The molecule has 8 nitrogen and oxygen atoms in total. The molecule has 0 radical (unpaired) electrons. The minimum absolute atomic E-state index is 0.164. The third-order valence-electron chi connectivity index (χ3n) is 3.41. The fourth-order valence-corrected chi connectivity index (χ4v) is 2.03. The second-order valence-electron chi connectivity index (χ2n) is 5.39. The number of esters is 2. The van der Waals surface area contributed by atoms with Crippen LogP contribution in [0, 0.1) is 0 Å². The Balaban J connectivity index is 2.02. The molecular formula is C18H21N3O5. The van der Waals surface area contributed by atoms with E-state index in [1.54, 1.807) is 31.2 Å². The molecule has 1 heterocycles. The Morgan fingerprint density at radius 3 is 2.46 bits per heavy atom. The van der Waals surface area contributed by atoms with Crippen molar-refractivity contribution in [3.8, 4) is 0 Å². The molecule has 2 aromatic rings. The van der Waals surface area contributed by atoms with E-state index in [4.69, 9.17) is 9.47 Å². The lowest BCUT2D eigenvalue weighted by molar-refractivity contribution is 0.0496. The second kappa shape index (κ2) is 9.36. The van der Waals surface area contributed by atoms with E-state index in [0.29, 0.717) is 17.9 Å². The number of anilines is 2. The Morgan fingerprint density at radius 2 is 1.85 bits per heavy atom. The lowest BCUT2D eigenvalue weighted by Crippen LogP contribution is -2.21. The predicted molar refractivity (Wildman–Crippen MR) is 95.7 cm³/mol. The fourth-order valence-electron chi connectivity index (χ4n) is 2.03. The van der Waals surface area contributed by atoms with Gasteiger partial charge in [0.1, 0.15) is 5.56 Å². The number of nitrogens with zero attached hydrogens (tertiary/aromatic N) is 1. The van der Waals surface area contributed by atoms with Gasteiger partial charge in [-0.1, -0.05) is 13.3 Å². The minimum atomic E-state index is -0.723. The van der Waals surface area contributed by atoms with Crippen LogP contribution in [0.5, 0.6) is 0 Å². The summed E-state index contributed by atoms with van der Waals surface area (Å²) in [5.41, 5.74) is 0.285. The third-order valence-corrected chi connectivity index (χ3v) is 3.41. The summed E-state index contributed by atoms with van der Waals surface area (Å²) in [6.07, 6.45) is 2.93. The topological polar surface area (TPSA) is 110 Å². The first-order valence-corrected chi connectivity index (χ1v) is 8.35. The molecule has 0 saturated heterocycles. The van der Waals surface area contributed by atoms with Gasteiger partial charge in [0, 0.05) is 5.69 Å². The van der Waals surface area contributed by atoms with Crippen molar-refractivity contribution in [3.63, 3.8) is 0 Å². The Hall–Kier alpha value is -3.16. The molecule has 2 N–H and O–H groups in total. The molecule has 138 valence electrons. The monoisotopic (exact) mass is 359 g/mol. The molecule has 1 aromatic carbocycles. The largest absolute Gasteiger partial charge is 0.462 e. The predicted octanol–water partition coefficient (Wildman–Crippen LogP) is 2.65. The highest BCUT2D eigenvalue weighted by atomic mass is 16.5. The summed E-state index contributed by atoms with van der Waals surface area (Å²) in [5.74, 6) is -0.935. The first kappa shape index (κ1) is 19.2. The molecule has 26 heavy (non-hydrogen) atoms. The van der Waals surface area contributed by atoms with E-state index < -0.39 is 11.5 Å². The number of hydrogen-bond acceptors (Lipinski definition) is 7. The van der Waals surface area contributed by atoms with E-state index in [2.05, 4.69) is 15.3 Å². The SMILES string of the molecule is CCCCOC(=O)c1ccc(Nc2ncc(C(=O)OCC)c(=O)[nH]2)cc1. The Bertz CT molecular complexity index is 814. The van der Waals surface area contributed by atoms with Crippen molar-refractivity contribution in [2.75, 3.05) is 18.5 Å².